The number of ether oxygens (including phenoxy) is 1. The highest BCUT2D eigenvalue weighted by Gasteiger charge is 2.26. The Morgan fingerprint density at radius 3 is 2.57 bits per heavy atom. The molecule has 37 heavy (non-hydrogen) atoms. The molecule has 5 rings (SSSR count). The quantitative estimate of drug-likeness (QED) is 0.249. The van der Waals surface area contributed by atoms with Crippen LogP contribution in [-0.2, 0) is 17.7 Å². The fraction of sp³-hybridized carbons (Fsp3) is 0.250. The van der Waals surface area contributed by atoms with Crippen LogP contribution in [-0.4, -0.2) is 42.3 Å². The zero-order chi connectivity index (χ0) is 25.6. The summed E-state index contributed by atoms with van der Waals surface area (Å²) in [5, 5.41) is 15.3. The summed E-state index contributed by atoms with van der Waals surface area (Å²) in [5.41, 5.74) is 5.64. The second kappa shape index (κ2) is 11.5. The number of benzene rings is 2. The maximum absolute atomic E-state index is 6.76. The van der Waals surface area contributed by atoms with E-state index in [0.29, 0.717) is 17.5 Å². The van der Waals surface area contributed by atoms with E-state index in [-0.39, 0.29) is 0 Å². The second-order valence-electron chi connectivity index (χ2n) is 8.75. The van der Waals surface area contributed by atoms with Crippen LogP contribution in [0.2, 0.25) is 5.15 Å². The van der Waals surface area contributed by atoms with E-state index in [1.54, 1.807) is 13.3 Å². The third-order valence-electron chi connectivity index (χ3n) is 6.33. The Bertz CT molecular complexity index is 1440. The molecule has 0 spiro atoms. The third-order valence-corrected chi connectivity index (χ3v) is 6.61. The van der Waals surface area contributed by atoms with Crippen molar-refractivity contribution in [3.63, 3.8) is 0 Å². The summed E-state index contributed by atoms with van der Waals surface area (Å²) in [4.78, 5) is 9.29. The number of H-pyrrole nitrogens is 1. The SMILES string of the molecule is CCCCc1nc(Cl)c(C(OC)c2ccccn2)n1Cc1ccc(-c2ccccc2)c(-c2nn[nH]n2)c1. The van der Waals surface area contributed by atoms with E-state index in [2.05, 4.69) is 67.4 Å². The minimum atomic E-state index is -0.447. The lowest BCUT2D eigenvalue weighted by molar-refractivity contribution is 0.126. The van der Waals surface area contributed by atoms with Crippen LogP contribution in [0.15, 0.2) is 72.9 Å². The van der Waals surface area contributed by atoms with Gasteiger partial charge in [0, 0.05) is 31.8 Å². The Morgan fingerprint density at radius 2 is 1.86 bits per heavy atom. The largest absolute Gasteiger partial charge is 0.369 e. The minimum absolute atomic E-state index is 0.433. The standard InChI is InChI=1S/C28H28ClN7O/c1-3-4-13-24-31-27(29)25(26(37-2)23-12-8-9-16-30-23)36(24)18-19-14-15-21(20-10-6-5-7-11-20)22(17-19)28-32-34-35-33-28/h5-12,14-17,26H,3-4,13,18H2,1-2H3,(H,32,33,34,35). The first-order valence-electron chi connectivity index (χ1n) is 12.3. The van der Waals surface area contributed by atoms with Crippen LogP contribution in [0.1, 0.15) is 48.6 Å². The van der Waals surface area contributed by atoms with Crippen molar-refractivity contribution in [3.8, 4) is 22.5 Å². The lowest BCUT2D eigenvalue weighted by atomic mass is 9.97. The Balaban J connectivity index is 1.60. The van der Waals surface area contributed by atoms with Gasteiger partial charge >= 0.3 is 0 Å². The highest BCUT2D eigenvalue weighted by Crippen LogP contribution is 2.34. The first-order valence-corrected chi connectivity index (χ1v) is 12.7. The number of tetrazole rings is 1. The van der Waals surface area contributed by atoms with Gasteiger partial charge in [0.25, 0.3) is 0 Å². The molecular weight excluding hydrogens is 486 g/mol. The molecule has 0 aliphatic carbocycles. The Labute approximate surface area is 220 Å². The van der Waals surface area contributed by atoms with Crippen molar-refractivity contribution in [1.29, 1.82) is 0 Å². The number of aromatic nitrogens is 7. The Kier molecular flexibility index (Phi) is 7.67. The molecule has 5 aromatic rings. The zero-order valence-electron chi connectivity index (χ0n) is 20.8. The molecule has 0 aliphatic rings. The lowest BCUT2D eigenvalue weighted by Crippen LogP contribution is -2.15. The third kappa shape index (κ3) is 5.30. The number of nitrogens with zero attached hydrogens (tertiary/aromatic N) is 6. The normalized spacial score (nSPS) is 12.1. The first kappa shape index (κ1) is 24.8. The topological polar surface area (TPSA) is 94.4 Å². The average Bonchev–Trinajstić information content (AvgIpc) is 3.58. The van der Waals surface area contributed by atoms with Crippen LogP contribution in [0.4, 0.5) is 0 Å². The molecule has 3 heterocycles. The van der Waals surface area contributed by atoms with Gasteiger partial charge in [-0.25, -0.2) is 4.98 Å². The Hall–Kier alpha value is -3.88. The minimum Gasteiger partial charge on any atom is -0.369 e. The first-order chi connectivity index (χ1) is 18.2. The molecule has 8 nitrogen and oxygen atoms in total. The van der Waals surface area contributed by atoms with Crippen molar-refractivity contribution in [2.24, 2.45) is 0 Å². The fourth-order valence-electron chi connectivity index (χ4n) is 4.54. The molecule has 0 fully saturated rings. The van der Waals surface area contributed by atoms with Crippen molar-refractivity contribution in [2.75, 3.05) is 7.11 Å². The molecule has 0 saturated carbocycles. The molecule has 0 bridgehead atoms. The van der Waals surface area contributed by atoms with Crippen molar-refractivity contribution in [3.05, 3.63) is 101 Å². The maximum Gasteiger partial charge on any atom is 0.205 e. The molecule has 2 aromatic carbocycles. The number of imidazole rings is 1. The number of halogens is 1. The molecule has 0 amide bonds. The van der Waals surface area contributed by atoms with Crippen molar-refractivity contribution >= 4 is 11.6 Å². The Morgan fingerprint density at radius 1 is 1.03 bits per heavy atom. The summed E-state index contributed by atoms with van der Waals surface area (Å²) in [5.74, 6) is 1.46. The summed E-state index contributed by atoms with van der Waals surface area (Å²) in [6.45, 7) is 2.72. The predicted octanol–water partition coefficient (Wildman–Crippen LogP) is 5.91. The molecule has 188 valence electrons. The molecule has 0 aliphatic heterocycles. The van der Waals surface area contributed by atoms with E-state index in [9.17, 15) is 0 Å². The molecule has 0 radical (unpaired) electrons. The van der Waals surface area contributed by atoms with Crippen molar-refractivity contribution in [2.45, 2.75) is 38.8 Å². The zero-order valence-corrected chi connectivity index (χ0v) is 21.6. The molecule has 1 N–H and O–H groups in total. The van der Waals surface area contributed by atoms with E-state index >= 15 is 0 Å². The van der Waals surface area contributed by atoms with Gasteiger partial charge in [-0.1, -0.05) is 73.5 Å². The smallest absolute Gasteiger partial charge is 0.205 e. The number of methoxy groups -OCH3 is 1. The fourth-order valence-corrected chi connectivity index (χ4v) is 4.84. The number of pyridine rings is 1. The van der Waals surface area contributed by atoms with E-state index in [4.69, 9.17) is 21.3 Å². The van der Waals surface area contributed by atoms with Gasteiger partial charge in [0.2, 0.25) is 5.82 Å². The molecule has 3 aromatic heterocycles. The van der Waals surface area contributed by atoms with Gasteiger partial charge in [-0.2, -0.15) is 5.21 Å². The van der Waals surface area contributed by atoms with Crippen molar-refractivity contribution in [1.82, 2.24) is 35.2 Å². The number of hydrogen-bond acceptors (Lipinski definition) is 6. The molecule has 1 atom stereocenters. The summed E-state index contributed by atoms with van der Waals surface area (Å²) < 4.78 is 8.08. The number of aromatic amines is 1. The van der Waals surface area contributed by atoms with Gasteiger partial charge in [-0.15, -0.1) is 10.2 Å². The molecule has 1 unspecified atom stereocenters. The molecular formula is C28H28ClN7O. The van der Waals surface area contributed by atoms with E-state index in [1.807, 2.05) is 36.4 Å². The lowest BCUT2D eigenvalue weighted by Gasteiger charge is -2.20. The van der Waals surface area contributed by atoms with Crippen LogP contribution in [0.3, 0.4) is 0 Å². The van der Waals surface area contributed by atoms with Gasteiger partial charge in [0.15, 0.2) is 5.15 Å². The summed E-state index contributed by atoms with van der Waals surface area (Å²) >= 11 is 6.76. The van der Waals surface area contributed by atoms with Gasteiger partial charge in [0.1, 0.15) is 11.9 Å². The van der Waals surface area contributed by atoms with Crippen LogP contribution in [0.25, 0.3) is 22.5 Å². The van der Waals surface area contributed by atoms with Crippen LogP contribution in [0, 0.1) is 0 Å². The van der Waals surface area contributed by atoms with Gasteiger partial charge < -0.3 is 9.30 Å². The monoisotopic (exact) mass is 513 g/mol. The molecule has 9 heteroatoms. The second-order valence-corrected chi connectivity index (χ2v) is 9.10. The number of nitrogens with one attached hydrogen (secondary N) is 1. The van der Waals surface area contributed by atoms with E-state index < -0.39 is 6.10 Å². The maximum atomic E-state index is 6.76. The number of unbranched alkanes of at least 4 members (excludes halogenated alkanes) is 1. The van der Waals surface area contributed by atoms with Gasteiger partial charge in [-0.3, -0.25) is 4.98 Å². The van der Waals surface area contributed by atoms with Gasteiger partial charge in [-0.05, 0) is 46.5 Å². The average molecular weight is 514 g/mol. The van der Waals surface area contributed by atoms with Crippen LogP contribution < -0.4 is 0 Å². The number of rotatable bonds is 10. The summed E-state index contributed by atoms with van der Waals surface area (Å²) in [6.07, 6.45) is 4.19. The van der Waals surface area contributed by atoms with E-state index in [0.717, 1.165) is 58.7 Å². The predicted molar refractivity (Wildman–Crippen MR) is 143 cm³/mol. The van der Waals surface area contributed by atoms with Crippen LogP contribution >= 0.6 is 11.6 Å². The number of hydrogen-bond donors (Lipinski definition) is 1. The highest BCUT2D eigenvalue weighted by atomic mass is 35.5. The highest BCUT2D eigenvalue weighted by molar-refractivity contribution is 6.30. The molecule has 0 saturated heterocycles. The summed E-state index contributed by atoms with van der Waals surface area (Å²) in [7, 11) is 1.67. The summed E-state index contributed by atoms with van der Waals surface area (Å²) in [6, 6.07) is 22.3. The van der Waals surface area contributed by atoms with Gasteiger partial charge in [0.05, 0.1) is 11.4 Å². The van der Waals surface area contributed by atoms with Crippen LogP contribution in [0.5, 0.6) is 0 Å². The van der Waals surface area contributed by atoms with Crippen molar-refractivity contribution < 1.29 is 4.74 Å². The van der Waals surface area contributed by atoms with E-state index in [1.165, 1.54) is 0 Å². The number of aryl methyl sites for hydroxylation is 1.